The van der Waals surface area contributed by atoms with Crippen LogP contribution in [-0.2, 0) is 19.1 Å². The van der Waals surface area contributed by atoms with Gasteiger partial charge in [0.1, 0.15) is 23.7 Å². The number of fused-ring (bicyclic) bond motifs is 2. The maximum absolute atomic E-state index is 14.5. The molecule has 3 aromatic rings. The Morgan fingerprint density at radius 2 is 1.60 bits per heavy atom. The normalized spacial score (nSPS) is 27.1. The largest absolute Gasteiger partial charge is 0.453 e. The zero-order valence-electron chi connectivity index (χ0n) is 40.4. The Balaban J connectivity index is 0.958. The zero-order chi connectivity index (χ0) is 47.1. The van der Waals surface area contributed by atoms with Crippen LogP contribution in [0.3, 0.4) is 0 Å². The molecule has 358 valence electrons. The molecule has 2 aliphatic heterocycles. The number of alkyl carbamates (subject to hydrolysis) is 2. The molecule has 2 saturated heterocycles. The van der Waals surface area contributed by atoms with Crippen LogP contribution in [0.15, 0.2) is 59.8 Å². The molecule has 0 spiro atoms. The third-order valence-corrected chi connectivity index (χ3v) is 15.9. The monoisotopic (exact) mass is 915 g/mol. The average Bonchev–Trinajstić information content (AvgIpc) is 4.16. The van der Waals surface area contributed by atoms with E-state index < -0.39 is 24.3 Å². The Labute approximate surface area is 394 Å². The molecule has 0 unspecified atom stereocenters. The predicted molar refractivity (Wildman–Crippen MR) is 258 cm³/mol. The molecule has 1 aromatic carbocycles. The van der Waals surface area contributed by atoms with E-state index in [1.54, 1.807) is 0 Å². The minimum atomic E-state index is -0.687. The molecule has 4 N–H and O–H groups in total. The molecule has 0 radical (unpaired) electrons. The van der Waals surface area contributed by atoms with Crippen LogP contribution in [0.5, 0.6) is 0 Å². The number of benzene rings is 1. The number of carbonyl (C=O) groups excluding carboxylic acids is 4. The van der Waals surface area contributed by atoms with E-state index in [0.717, 1.165) is 99.0 Å². The van der Waals surface area contributed by atoms with E-state index in [2.05, 4.69) is 74.9 Å². The van der Waals surface area contributed by atoms with Crippen molar-refractivity contribution in [1.29, 1.82) is 0 Å². The zero-order valence-corrected chi connectivity index (χ0v) is 40.4. The fourth-order valence-electron chi connectivity index (χ4n) is 12.2. The number of amides is 4. The maximum Gasteiger partial charge on any atom is 0.407 e. The molecule has 4 bridgehead atoms. The Hall–Kier alpha value is -5.66. The number of hydrogen-bond acceptors (Lipinski definition) is 8. The summed E-state index contributed by atoms with van der Waals surface area (Å²) in [6.45, 7) is 10.8. The smallest absolute Gasteiger partial charge is 0.407 e. The number of hydrogen-bond donors (Lipinski definition) is 4. The van der Waals surface area contributed by atoms with Gasteiger partial charge in [-0.25, -0.2) is 19.6 Å². The third-order valence-electron chi connectivity index (χ3n) is 15.9. The average molecular weight is 915 g/mol. The lowest BCUT2D eigenvalue weighted by molar-refractivity contribution is -0.138. The second-order valence-corrected chi connectivity index (χ2v) is 20.8. The standard InChI is InChI=1S/C53H70N8O6/c1-29(2)46(58-52(64)66-6)50(62)60-22-10-13-44(60)48-54-28-42(57-48)39-24-32-14-16-33-18-19-34(31(5)23-35(39)17-15-32)25-38(33)36-20-21-40-41(26-36)56-49(55-40)45-27-37-11-8-9-12-43(37)61(45)51(63)47(30(3)4)59-53(65)67-7/h15,18-21,24,26,28-31,34-35,37,43-47H,8-14,16-17,22-23,25,27H2,1-7H3,(H,54,57)(H,55,56)(H,58,64)(H,59,65)/t31-,34-,35-,37+,43+,44+,45+,46+,47+/m1/s1. The number of imidazole rings is 2. The quantitative estimate of drug-likeness (QED) is 0.156. The molecule has 1 saturated carbocycles. The van der Waals surface area contributed by atoms with Crippen molar-refractivity contribution in [1.82, 2.24) is 40.4 Å². The molecular weight excluding hydrogens is 845 g/mol. The van der Waals surface area contributed by atoms with E-state index in [0.29, 0.717) is 30.2 Å². The van der Waals surface area contributed by atoms with Crippen molar-refractivity contribution in [2.75, 3.05) is 20.8 Å². The van der Waals surface area contributed by atoms with Gasteiger partial charge < -0.3 is 39.9 Å². The summed E-state index contributed by atoms with van der Waals surface area (Å²) >= 11 is 0. The number of ether oxygens (including phenoxy) is 2. The van der Waals surface area contributed by atoms with E-state index in [-0.39, 0.29) is 41.8 Å². The summed E-state index contributed by atoms with van der Waals surface area (Å²) in [6.07, 6.45) is 22.1. The number of allylic oxidation sites excluding steroid dienone is 8. The van der Waals surface area contributed by atoms with Gasteiger partial charge in [0.15, 0.2) is 0 Å². The van der Waals surface area contributed by atoms with Crippen molar-refractivity contribution in [2.45, 2.75) is 142 Å². The summed E-state index contributed by atoms with van der Waals surface area (Å²) in [6, 6.07) is 5.02. The Morgan fingerprint density at radius 1 is 0.851 bits per heavy atom. The van der Waals surface area contributed by atoms with E-state index >= 15 is 0 Å². The predicted octanol–water partition coefficient (Wildman–Crippen LogP) is 9.72. The number of aromatic nitrogens is 4. The van der Waals surface area contributed by atoms with Crippen LogP contribution in [0.4, 0.5) is 9.59 Å². The topological polar surface area (TPSA) is 175 Å². The second-order valence-electron chi connectivity index (χ2n) is 20.8. The highest BCUT2D eigenvalue weighted by molar-refractivity contribution is 5.88. The van der Waals surface area contributed by atoms with Crippen LogP contribution >= 0.6 is 0 Å². The highest BCUT2D eigenvalue weighted by Gasteiger charge is 2.48. The van der Waals surface area contributed by atoms with Crippen molar-refractivity contribution >= 4 is 46.2 Å². The first-order valence-electron chi connectivity index (χ1n) is 25.0. The van der Waals surface area contributed by atoms with Crippen LogP contribution in [0.2, 0.25) is 0 Å². The summed E-state index contributed by atoms with van der Waals surface area (Å²) in [5.41, 5.74) is 9.50. The Bertz CT molecular complexity index is 2490. The molecule has 12 rings (SSSR count). The molecule has 3 fully saturated rings. The number of rotatable bonds is 10. The summed E-state index contributed by atoms with van der Waals surface area (Å²) in [7, 11) is 2.65. The van der Waals surface area contributed by atoms with Gasteiger partial charge in [0, 0.05) is 12.6 Å². The number of H-pyrrole nitrogens is 2. The number of nitrogens with zero attached hydrogens (tertiary/aromatic N) is 4. The van der Waals surface area contributed by atoms with Gasteiger partial charge in [0.25, 0.3) is 0 Å². The number of aromatic amines is 2. The van der Waals surface area contributed by atoms with Gasteiger partial charge in [-0.3, -0.25) is 9.59 Å². The fraction of sp³-hybridized carbons (Fsp3) is 0.585. The van der Waals surface area contributed by atoms with Gasteiger partial charge in [-0.15, -0.1) is 0 Å². The highest BCUT2D eigenvalue weighted by atomic mass is 16.5. The summed E-state index contributed by atoms with van der Waals surface area (Å²) in [5, 5.41) is 5.60. The van der Waals surface area contributed by atoms with Gasteiger partial charge in [-0.2, -0.15) is 0 Å². The second kappa shape index (κ2) is 19.5. The van der Waals surface area contributed by atoms with Crippen LogP contribution in [0.1, 0.15) is 147 Å². The number of carbonyl (C=O) groups is 4. The maximum atomic E-state index is 14.5. The van der Waals surface area contributed by atoms with Crippen molar-refractivity contribution < 1.29 is 28.7 Å². The SMILES string of the molecule is COC(=O)N[C@H](C(=O)N1CCC[C@H]1c1ncc(C2=CC3=CC[C@@H]2C[C@@H](C)[C@@H]2C=CC(=C(c4ccc5nc([C@@H]6C[C@@H]7CCCC[C@@H]7N6C(=O)[C@@H](NC(=O)OC)C(C)C)[nH]c5c4)C2)CC3)[nH]1)C(C)C. The van der Waals surface area contributed by atoms with Gasteiger partial charge in [0.05, 0.1) is 49.2 Å². The molecule has 14 heteroatoms. The molecule has 2 aromatic heterocycles. The van der Waals surface area contributed by atoms with E-state index in [9.17, 15) is 19.2 Å². The first-order chi connectivity index (χ1) is 32.3. The number of methoxy groups -OCH3 is 2. The van der Waals surface area contributed by atoms with Crippen LogP contribution in [0, 0.1) is 35.5 Å². The first kappa shape index (κ1) is 46.5. The fourth-order valence-corrected chi connectivity index (χ4v) is 12.2. The van der Waals surface area contributed by atoms with Crippen molar-refractivity contribution in [2.24, 2.45) is 35.5 Å². The lowest BCUT2D eigenvalue weighted by atomic mass is 9.72. The molecule has 4 heterocycles. The third kappa shape index (κ3) is 9.33. The molecule has 4 amide bonds. The molecule has 9 atom stereocenters. The number of likely N-dealkylation sites (tertiary alicyclic amines) is 2. The lowest BCUT2D eigenvalue weighted by Gasteiger charge is -2.36. The Kier molecular flexibility index (Phi) is 13.5. The summed E-state index contributed by atoms with van der Waals surface area (Å²) in [5.74, 6) is 2.75. The van der Waals surface area contributed by atoms with Crippen LogP contribution in [-0.4, -0.2) is 92.6 Å². The Morgan fingerprint density at radius 3 is 2.34 bits per heavy atom. The molecule has 9 aliphatic rings. The minimum absolute atomic E-state index is 0.0606. The van der Waals surface area contributed by atoms with Gasteiger partial charge in [-0.1, -0.05) is 83.4 Å². The van der Waals surface area contributed by atoms with E-state index in [1.165, 1.54) is 48.5 Å². The van der Waals surface area contributed by atoms with Gasteiger partial charge >= 0.3 is 12.2 Å². The molecule has 14 nitrogen and oxygen atoms in total. The van der Waals surface area contributed by atoms with Crippen LogP contribution < -0.4 is 10.6 Å². The molecular formula is C53H70N8O6. The van der Waals surface area contributed by atoms with E-state index in [1.807, 2.05) is 38.8 Å². The summed E-state index contributed by atoms with van der Waals surface area (Å²) < 4.78 is 9.77. The van der Waals surface area contributed by atoms with Gasteiger partial charge in [-0.05, 0) is 134 Å². The van der Waals surface area contributed by atoms with Crippen molar-refractivity contribution in [3.63, 3.8) is 0 Å². The molecule has 67 heavy (non-hydrogen) atoms. The minimum Gasteiger partial charge on any atom is -0.453 e. The van der Waals surface area contributed by atoms with Crippen molar-refractivity contribution in [3.8, 4) is 0 Å². The van der Waals surface area contributed by atoms with Gasteiger partial charge in [0.2, 0.25) is 11.8 Å². The van der Waals surface area contributed by atoms with E-state index in [4.69, 9.17) is 19.4 Å². The first-order valence-corrected chi connectivity index (χ1v) is 25.0. The number of nitrogens with one attached hydrogen (secondary N) is 4. The molecule has 7 aliphatic carbocycles. The van der Waals surface area contributed by atoms with Crippen LogP contribution in [0.25, 0.3) is 22.2 Å². The highest BCUT2D eigenvalue weighted by Crippen LogP contribution is 2.48. The summed E-state index contributed by atoms with van der Waals surface area (Å²) in [4.78, 5) is 74.3. The lowest BCUT2D eigenvalue weighted by Crippen LogP contribution is -2.53. The van der Waals surface area contributed by atoms with Crippen molar-refractivity contribution in [3.05, 3.63) is 82.8 Å².